The van der Waals surface area contributed by atoms with Gasteiger partial charge in [-0.1, -0.05) is 30.0 Å². The van der Waals surface area contributed by atoms with Crippen LogP contribution in [0.5, 0.6) is 0 Å². The van der Waals surface area contributed by atoms with Crippen LogP contribution in [-0.2, 0) is 0 Å². The van der Waals surface area contributed by atoms with Gasteiger partial charge in [-0.15, -0.1) is 0 Å². The van der Waals surface area contributed by atoms with E-state index in [1.165, 1.54) is 0 Å². The average Bonchev–Trinajstić information content (AvgIpc) is 2.42. The van der Waals surface area contributed by atoms with Crippen molar-refractivity contribution >= 4 is 38.6 Å². The molecule has 2 aromatic heterocycles. The van der Waals surface area contributed by atoms with E-state index in [4.69, 9.17) is 0 Å². The third kappa shape index (κ3) is 2.23. The number of para-hydroxylation sites is 1. The quantitative estimate of drug-likeness (QED) is 0.671. The molecule has 0 N–H and O–H groups in total. The zero-order valence-corrected chi connectivity index (χ0v) is 11.6. The minimum absolute atomic E-state index is 0.951. The molecule has 0 bridgehead atoms. The number of halogens is 1. The number of benzene rings is 1. The summed E-state index contributed by atoms with van der Waals surface area (Å²) < 4.78 is 0.970. The molecule has 2 heterocycles. The van der Waals surface area contributed by atoms with Crippen LogP contribution in [0.3, 0.4) is 0 Å². The van der Waals surface area contributed by atoms with E-state index in [-0.39, 0.29) is 0 Å². The highest BCUT2D eigenvalue weighted by molar-refractivity contribution is 9.10. The first-order chi connectivity index (χ1) is 8.84. The van der Waals surface area contributed by atoms with Gasteiger partial charge in [0, 0.05) is 27.1 Å². The van der Waals surface area contributed by atoms with Crippen molar-refractivity contribution in [3.05, 3.63) is 53.5 Å². The van der Waals surface area contributed by atoms with E-state index in [9.17, 15) is 0 Å². The number of nitrogens with zero attached hydrogens (tertiary/aromatic N) is 3. The van der Waals surface area contributed by atoms with Crippen molar-refractivity contribution in [1.29, 1.82) is 0 Å². The molecule has 0 saturated carbocycles. The summed E-state index contributed by atoms with van der Waals surface area (Å²) in [7, 11) is 0. The Bertz CT molecular complexity index is 697. The van der Waals surface area contributed by atoms with Crippen LogP contribution in [0.1, 0.15) is 0 Å². The van der Waals surface area contributed by atoms with Crippen LogP contribution >= 0.6 is 27.7 Å². The fourth-order valence-electron chi connectivity index (χ4n) is 1.61. The zero-order chi connectivity index (χ0) is 12.4. The lowest BCUT2D eigenvalue weighted by atomic mass is 10.2. The van der Waals surface area contributed by atoms with Crippen molar-refractivity contribution in [1.82, 2.24) is 15.0 Å². The summed E-state index contributed by atoms with van der Waals surface area (Å²) >= 11 is 5.10. The topological polar surface area (TPSA) is 38.7 Å². The van der Waals surface area contributed by atoms with E-state index in [0.29, 0.717) is 0 Å². The smallest absolute Gasteiger partial charge is 0.117 e. The van der Waals surface area contributed by atoms with Gasteiger partial charge in [0.1, 0.15) is 11.4 Å². The Morgan fingerprint density at radius 2 is 1.94 bits per heavy atom. The molecular weight excluding hydrogens is 310 g/mol. The lowest BCUT2D eigenvalue weighted by Gasteiger charge is -2.05. The van der Waals surface area contributed by atoms with Gasteiger partial charge in [-0.25, -0.2) is 9.97 Å². The van der Waals surface area contributed by atoms with Gasteiger partial charge in [-0.2, -0.15) is 0 Å². The summed E-state index contributed by atoms with van der Waals surface area (Å²) in [5, 5.41) is 2.02. The molecule has 0 spiro atoms. The van der Waals surface area contributed by atoms with E-state index in [2.05, 4.69) is 30.9 Å². The molecule has 0 unspecified atom stereocenters. The Balaban J connectivity index is 2.08. The Hall–Kier alpha value is -1.46. The second-order valence-electron chi connectivity index (χ2n) is 3.60. The van der Waals surface area contributed by atoms with Crippen molar-refractivity contribution in [3.8, 4) is 0 Å². The summed E-state index contributed by atoms with van der Waals surface area (Å²) in [4.78, 5) is 13.8. The van der Waals surface area contributed by atoms with Gasteiger partial charge in [0.05, 0.1) is 5.52 Å². The SMILES string of the molecule is Brc1cnccc1Sc1ncnc2ccccc12. The van der Waals surface area contributed by atoms with Crippen LogP contribution in [0.15, 0.2) is 63.4 Å². The van der Waals surface area contributed by atoms with Crippen molar-refractivity contribution in [2.24, 2.45) is 0 Å². The van der Waals surface area contributed by atoms with Crippen LogP contribution < -0.4 is 0 Å². The molecule has 0 aliphatic rings. The third-order valence-corrected chi connectivity index (χ3v) is 4.44. The van der Waals surface area contributed by atoms with Crippen LogP contribution in [0.25, 0.3) is 10.9 Å². The fraction of sp³-hybridized carbons (Fsp3) is 0. The molecule has 3 aromatic rings. The van der Waals surface area contributed by atoms with E-state index in [1.54, 1.807) is 30.5 Å². The van der Waals surface area contributed by atoms with E-state index >= 15 is 0 Å². The highest BCUT2D eigenvalue weighted by Crippen LogP contribution is 2.34. The van der Waals surface area contributed by atoms with Crippen LogP contribution in [0, 0.1) is 0 Å². The summed E-state index contributed by atoms with van der Waals surface area (Å²) in [5.41, 5.74) is 0.958. The summed E-state index contributed by atoms with van der Waals surface area (Å²) in [5.74, 6) is 0. The number of aromatic nitrogens is 3. The van der Waals surface area contributed by atoms with Gasteiger partial charge in [-0.3, -0.25) is 4.98 Å². The van der Waals surface area contributed by atoms with Crippen molar-refractivity contribution < 1.29 is 0 Å². The lowest BCUT2D eigenvalue weighted by molar-refractivity contribution is 1.10. The van der Waals surface area contributed by atoms with Crippen molar-refractivity contribution in [2.75, 3.05) is 0 Å². The van der Waals surface area contributed by atoms with Gasteiger partial charge in [0.25, 0.3) is 0 Å². The Morgan fingerprint density at radius 3 is 2.83 bits per heavy atom. The molecular formula is C13H8BrN3S. The van der Waals surface area contributed by atoms with Crippen molar-refractivity contribution in [3.63, 3.8) is 0 Å². The maximum absolute atomic E-state index is 4.35. The van der Waals surface area contributed by atoms with Crippen LogP contribution in [-0.4, -0.2) is 15.0 Å². The summed E-state index contributed by atoms with van der Waals surface area (Å²) in [6, 6.07) is 9.96. The normalized spacial score (nSPS) is 10.7. The molecule has 1 aromatic carbocycles. The molecule has 18 heavy (non-hydrogen) atoms. The number of pyridine rings is 1. The van der Waals surface area contributed by atoms with Crippen LogP contribution in [0.2, 0.25) is 0 Å². The van der Waals surface area contributed by atoms with E-state index < -0.39 is 0 Å². The highest BCUT2D eigenvalue weighted by atomic mass is 79.9. The highest BCUT2D eigenvalue weighted by Gasteiger charge is 2.07. The predicted octanol–water partition coefficient (Wildman–Crippen LogP) is 3.94. The fourth-order valence-corrected chi connectivity index (χ4v) is 2.97. The summed E-state index contributed by atoms with van der Waals surface area (Å²) in [6.45, 7) is 0. The van der Waals surface area contributed by atoms with Gasteiger partial charge in [-0.05, 0) is 28.1 Å². The zero-order valence-electron chi connectivity index (χ0n) is 9.25. The largest absolute Gasteiger partial charge is 0.263 e. The van der Waals surface area contributed by atoms with Crippen molar-refractivity contribution in [2.45, 2.75) is 9.92 Å². The molecule has 3 nitrogen and oxygen atoms in total. The molecule has 0 aliphatic heterocycles. The monoisotopic (exact) mass is 317 g/mol. The molecule has 0 amide bonds. The van der Waals surface area contributed by atoms with Crippen LogP contribution in [0.4, 0.5) is 0 Å². The molecule has 3 rings (SSSR count). The van der Waals surface area contributed by atoms with E-state index in [1.807, 2.05) is 30.3 Å². The number of hydrogen-bond acceptors (Lipinski definition) is 4. The molecule has 0 radical (unpaired) electrons. The van der Waals surface area contributed by atoms with Gasteiger partial charge < -0.3 is 0 Å². The Labute approximate surface area is 117 Å². The third-order valence-electron chi connectivity index (χ3n) is 2.45. The first-order valence-electron chi connectivity index (χ1n) is 5.32. The second kappa shape index (κ2) is 5.04. The minimum Gasteiger partial charge on any atom is -0.263 e. The molecule has 88 valence electrons. The molecule has 0 aliphatic carbocycles. The maximum atomic E-state index is 4.35. The predicted molar refractivity (Wildman–Crippen MR) is 75.6 cm³/mol. The Kier molecular flexibility index (Phi) is 3.25. The number of hydrogen-bond donors (Lipinski definition) is 0. The van der Waals surface area contributed by atoms with Gasteiger partial charge >= 0.3 is 0 Å². The maximum Gasteiger partial charge on any atom is 0.117 e. The molecule has 0 fully saturated rings. The molecule has 5 heteroatoms. The molecule has 0 saturated heterocycles. The minimum atomic E-state index is 0.951. The van der Waals surface area contributed by atoms with E-state index in [0.717, 1.165) is 25.3 Å². The first-order valence-corrected chi connectivity index (χ1v) is 6.92. The second-order valence-corrected chi connectivity index (χ2v) is 5.49. The summed E-state index contributed by atoms with van der Waals surface area (Å²) in [6.07, 6.45) is 5.15. The molecule has 0 atom stereocenters. The average molecular weight is 318 g/mol. The standard InChI is InChI=1S/C13H8BrN3S/c14-10-7-15-6-5-12(10)18-13-9-3-1-2-4-11(9)16-8-17-13/h1-8H. The lowest BCUT2D eigenvalue weighted by Crippen LogP contribution is -1.87. The number of fused-ring (bicyclic) bond motifs is 1. The number of rotatable bonds is 2. The van der Waals surface area contributed by atoms with Gasteiger partial charge in [0.2, 0.25) is 0 Å². The first kappa shape index (κ1) is 11.6. The van der Waals surface area contributed by atoms with Gasteiger partial charge in [0.15, 0.2) is 0 Å². The Morgan fingerprint density at radius 1 is 1.06 bits per heavy atom.